The second-order valence-electron chi connectivity index (χ2n) is 5.21. The topological polar surface area (TPSA) is 34.1 Å². The van der Waals surface area contributed by atoms with E-state index in [2.05, 4.69) is 23.0 Å². The molecule has 0 aliphatic carbocycles. The lowest BCUT2D eigenvalue weighted by Crippen LogP contribution is -1.96. The maximum atomic E-state index is 12.3. The van der Waals surface area contributed by atoms with Gasteiger partial charge in [-0.15, -0.1) is 0 Å². The SMILES string of the molecule is O=S(=O)(C#Cc1ccccc1C#Cc1ccccc1)c1ccccc1. The molecule has 0 unspecified atom stereocenters. The summed E-state index contributed by atoms with van der Waals surface area (Å²) in [6.07, 6.45) is 0. The highest BCUT2D eigenvalue weighted by atomic mass is 32.2. The van der Waals surface area contributed by atoms with E-state index < -0.39 is 9.84 Å². The number of rotatable bonds is 1. The predicted octanol–water partition coefficient (Wildman–Crippen LogP) is 3.87. The zero-order valence-electron chi connectivity index (χ0n) is 13.3. The van der Waals surface area contributed by atoms with Gasteiger partial charge in [0.25, 0.3) is 0 Å². The molecule has 0 bridgehead atoms. The van der Waals surface area contributed by atoms with Crippen molar-refractivity contribution < 1.29 is 8.42 Å². The largest absolute Gasteiger partial charge is 0.245 e. The third-order valence-corrected chi connectivity index (χ3v) is 4.68. The lowest BCUT2D eigenvalue weighted by Gasteiger charge is -1.97. The molecule has 0 atom stereocenters. The van der Waals surface area contributed by atoms with Gasteiger partial charge in [-0.25, -0.2) is 8.42 Å². The summed E-state index contributed by atoms with van der Waals surface area (Å²) in [6, 6.07) is 25.0. The van der Waals surface area contributed by atoms with Gasteiger partial charge in [-0.2, -0.15) is 0 Å². The van der Waals surface area contributed by atoms with Gasteiger partial charge in [0.2, 0.25) is 9.84 Å². The molecule has 0 amide bonds. The first kappa shape index (κ1) is 16.6. The Hall–Kier alpha value is -3.27. The lowest BCUT2D eigenvalue weighted by molar-refractivity contribution is 0.606. The second-order valence-corrected chi connectivity index (χ2v) is 6.89. The summed E-state index contributed by atoms with van der Waals surface area (Å²) in [6.45, 7) is 0. The van der Waals surface area contributed by atoms with Gasteiger partial charge in [-0.1, -0.05) is 60.4 Å². The van der Waals surface area contributed by atoms with Gasteiger partial charge in [0, 0.05) is 21.9 Å². The molecule has 3 rings (SSSR count). The van der Waals surface area contributed by atoms with E-state index in [9.17, 15) is 8.42 Å². The zero-order valence-corrected chi connectivity index (χ0v) is 14.1. The number of sulfone groups is 1. The summed E-state index contributed by atoms with van der Waals surface area (Å²) in [5.41, 5.74) is 2.18. The molecule has 0 spiro atoms. The Morgan fingerprint density at radius 1 is 0.560 bits per heavy atom. The first-order chi connectivity index (χ1) is 12.1. The van der Waals surface area contributed by atoms with Gasteiger partial charge in [0.15, 0.2) is 0 Å². The van der Waals surface area contributed by atoms with Crippen LogP contribution in [0.5, 0.6) is 0 Å². The first-order valence-electron chi connectivity index (χ1n) is 7.64. The average molecular weight is 342 g/mol. The highest BCUT2D eigenvalue weighted by Crippen LogP contribution is 2.11. The van der Waals surface area contributed by atoms with Crippen molar-refractivity contribution in [3.8, 4) is 23.0 Å². The average Bonchev–Trinajstić information content (AvgIpc) is 2.67. The molecular weight excluding hydrogens is 328 g/mol. The Labute approximate surface area is 148 Å². The van der Waals surface area contributed by atoms with E-state index in [4.69, 9.17) is 0 Å². The highest BCUT2D eigenvalue weighted by molar-refractivity contribution is 7.96. The molecule has 0 saturated carbocycles. The Morgan fingerprint density at radius 3 is 1.72 bits per heavy atom. The van der Waals surface area contributed by atoms with Gasteiger partial charge in [0.1, 0.15) is 0 Å². The van der Waals surface area contributed by atoms with Gasteiger partial charge >= 0.3 is 0 Å². The van der Waals surface area contributed by atoms with Gasteiger partial charge < -0.3 is 0 Å². The van der Waals surface area contributed by atoms with Crippen LogP contribution in [-0.4, -0.2) is 8.42 Å². The second kappa shape index (κ2) is 7.53. The Morgan fingerprint density at radius 2 is 1.08 bits per heavy atom. The van der Waals surface area contributed by atoms with E-state index in [1.807, 2.05) is 48.5 Å². The molecule has 3 aromatic carbocycles. The van der Waals surface area contributed by atoms with Crippen LogP contribution < -0.4 is 0 Å². The molecule has 25 heavy (non-hydrogen) atoms. The first-order valence-corrected chi connectivity index (χ1v) is 9.12. The van der Waals surface area contributed by atoms with Crippen molar-refractivity contribution in [2.24, 2.45) is 0 Å². The molecule has 0 aliphatic heterocycles. The Balaban J connectivity index is 1.95. The van der Waals surface area contributed by atoms with Crippen LogP contribution in [0.15, 0.2) is 89.8 Å². The van der Waals surface area contributed by atoms with Crippen molar-refractivity contribution in [1.29, 1.82) is 0 Å². The van der Waals surface area contributed by atoms with Crippen LogP contribution in [0.4, 0.5) is 0 Å². The molecule has 0 aromatic heterocycles. The quantitative estimate of drug-likeness (QED) is 0.629. The van der Waals surface area contributed by atoms with Crippen LogP contribution in [0.3, 0.4) is 0 Å². The molecule has 120 valence electrons. The van der Waals surface area contributed by atoms with E-state index in [1.165, 1.54) is 12.1 Å². The minimum Gasteiger partial charge on any atom is -0.210 e. The van der Waals surface area contributed by atoms with Crippen LogP contribution in [0, 0.1) is 23.0 Å². The van der Waals surface area contributed by atoms with Crippen LogP contribution in [0.2, 0.25) is 0 Å². The Bertz CT molecular complexity index is 1090. The van der Waals surface area contributed by atoms with Crippen molar-refractivity contribution in [3.63, 3.8) is 0 Å². The van der Waals surface area contributed by atoms with Gasteiger partial charge in [0.05, 0.1) is 4.90 Å². The molecule has 0 aliphatic rings. The Kier molecular flexibility index (Phi) is 5.00. The third kappa shape index (κ3) is 4.38. The van der Waals surface area contributed by atoms with E-state index in [0.29, 0.717) is 11.1 Å². The summed E-state index contributed by atoms with van der Waals surface area (Å²) in [7, 11) is -3.65. The summed E-state index contributed by atoms with van der Waals surface area (Å²) in [4.78, 5) is 0.190. The number of hydrogen-bond acceptors (Lipinski definition) is 2. The van der Waals surface area contributed by atoms with E-state index in [-0.39, 0.29) is 4.90 Å². The summed E-state index contributed by atoms with van der Waals surface area (Å²) in [5.74, 6) is 8.87. The molecule has 2 nitrogen and oxygen atoms in total. The molecule has 0 N–H and O–H groups in total. The molecule has 3 heteroatoms. The van der Waals surface area contributed by atoms with E-state index in [1.54, 1.807) is 24.3 Å². The lowest BCUT2D eigenvalue weighted by atomic mass is 10.1. The standard InChI is InChI=1S/C22H14O2S/c23-25(24,22-13-5-2-6-14-22)18-17-21-12-8-7-11-20(21)16-15-19-9-3-1-4-10-19/h1-14H. The third-order valence-electron chi connectivity index (χ3n) is 3.42. The smallest absolute Gasteiger partial charge is 0.210 e. The normalized spacial score (nSPS) is 10.1. The fraction of sp³-hybridized carbons (Fsp3) is 0. The predicted molar refractivity (Wildman–Crippen MR) is 99.4 cm³/mol. The van der Waals surface area contributed by atoms with Crippen LogP contribution in [-0.2, 0) is 9.84 Å². The molecule has 0 fully saturated rings. The van der Waals surface area contributed by atoms with Crippen molar-refractivity contribution in [2.75, 3.05) is 0 Å². The molecule has 3 aromatic rings. The van der Waals surface area contributed by atoms with E-state index in [0.717, 1.165) is 5.56 Å². The van der Waals surface area contributed by atoms with Gasteiger partial charge in [-0.3, -0.25) is 0 Å². The fourth-order valence-electron chi connectivity index (χ4n) is 2.14. The van der Waals surface area contributed by atoms with Crippen molar-refractivity contribution in [2.45, 2.75) is 4.90 Å². The fourth-order valence-corrected chi connectivity index (χ4v) is 3.02. The molecular formula is C22H14O2S. The summed E-state index contributed by atoms with van der Waals surface area (Å²) >= 11 is 0. The summed E-state index contributed by atoms with van der Waals surface area (Å²) in [5, 5.41) is 2.38. The maximum absolute atomic E-state index is 12.3. The maximum Gasteiger partial charge on any atom is 0.245 e. The molecule has 0 radical (unpaired) electrons. The highest BCUT2D eigenvalue weighted by Gasteiger charge is 2.09. The van der Waals surface area contributed by atoms with E-state index >= 15 is 0 Å². The number of benzene rings is 3. The van der Waals surface area contributed by atoms with Crippen LogP contribution in [0.25, 0.3) is 0 Å². The van der Waals surface area contributed by atoms with Crippen molar-refractivity contribution >= 4 is 9.84 Å². The molecule has 0 heterocycles. The molecule has 0 saturated heterocycles. The monoisotopic (exact) mass is 342 g/mol. The minimum atomic E-state index is -3.65. The number of hydrogen-bond donors (Lipinski definition) is 0. The van der Waals surface area contributed by atoms with Crippen LogP contribution >= 0.6 is 0 Å². The van der Waals surface area contributed by atoms with Crippen molar-refractivity contribution in [3.05, 3.63) is 102 Å². The minimum absolute atomic E-state index is 0.190. The van der Waals surface area contributed by atoms with Gasteiger partial charge in [-0.05, 0) is 42.3 Å². The van der Waals surface area contributed by atoms with Crippen molar-refractivity contribution in [1.82, 2.24) is 0 Å². The van der Waals surface area contributed by atoms with Crippen LogP contribution in [0.1, 0.15) is 16.7 Å². The summed E-state index contributed by atoms with van der Waals surface area (Å²) < 4.78 is 24.6. The zero-order chi connectivity index (χ0) is 17.5.